The summed E-state index contributed by atoms with van der Waals surface area (Å²) in [6.45, 7) is 0.710. The smallest absolute Gasteiger partial charge is 0.147 e. The average Bonchev–Trinajstić information content (AvgIpc) is 2.88. The summed E-state index contributed by atoms with van der Waals surface area (Å²) in [6, 6.07) is 14.8. The highest BCUT2D eigenvalue weighted by Crippen LogP contribution is 2.36. The number of nitrogens with one attached hydrogen (secondary N) is 1. The maximum atomic E-state index is 13.8. The molecule has 1 heterocycles. The van der Waals surface area contributed by atoms with Gasteiger partial charge >= 0.3 is 0 Å². The van der Waals surface area contributed by atoms with E-state index in [0.717, 1.165) is 6.42 Å². The third kappa shape index (κ3) is 2.63. The summed E-state index contributed by atoms with van der Waals surface area (Å²) in [4.78, 5) is 1.32. The van der Waals surface area contributed by atoms with Crippen LogP contribution in [-0.4, -0.2) is 11.8 Å². The predicted molar refractivity (Wildman–Crippen MR) is 79.4 cm³/mol. The summed E-state index contributed by atoms with van der Waals surface area (Å²) in [5.41, 5.74) is 2.17. The molecule has 2 nitrogen and oxygen atoms in total. The van der Waals surface area contributed by atoms with Gasteiger partial charge in [-0.25, -0.2) is 4.39 Å². The number of hydrogen-bond donors (Lipinski definition) is 1. The molecular formula is C16H13FN2S. The van der Waals surface area contributed by atoms with Gasteiger partial charge in [0.05, 0.1) is 17.3 Å². The zero-order valence-corrected chi connectivity index (χ0v) is 11.6. The van der Waals surface area contributed by atoms with E-state index in [0.29, 0.717) is 23.0 Å². The van der Waals surface area contributed by atoms with Crippen LogP contribution in [0.2, 0.25) is 0 Å². The van der Waals surface area contributed by atoms with Crippen molar-refractivity contribution >= 4 is 17.4 Å². The molecule has 2 aromatic carbocycles. The van der Waals surface area contributed by atoms with E-state index in [2.05, 4.69) is 23.5 Å². The minimum Gasteiger partial charge on any atom is -0.382 e. The van der Waals surface area contributed by atoms with Gasteiger partial charge in [-0.1, -0.05) is 18.2 Å². The van der Waals surface area contributed by atoms with Gasteiger partial charge in [-0.05, 0) is 36.2 Å². The normalized spacial score (nSPS) is 16.5. The minimum atomic E-state index is -0.371. The van der Waals surface area contributed by atoms with Crippen LogP contribution in [0.1, 0.15) is 11.1 Å². The molecule has 0 fully saturated rings. The van der Waals surface area contributed by atoms with Crippen molar-refractivity contribution in [3.8, 4) is 6.07 Å². The van der Waals surface area contributed by atoms with E-state index in [9.17, 15) is 4.39 Å². The van der Waals surface area contributed by atoms with Crippen LogP contribution < -0.4 is 5.32 Å². The Kier molecular flexibility index (Phi) is 3.62. The lowest BCUT2D eigenvalue weighted by molar-refractivity contribution is 0.629. The first-order chi connectivity index (χ1) is 9.76. The molecule has 0 aliphatic carbocycles. The molecule has 4 heteroatoms. The summed E-state index contributed by atoms with van der Waals surface area (Å²) in [6.07, 6.45) is 1.01. The molecule has 20 heavy (non-hydrogen) atoms. The number of halogens is 1. The van der Waals surface area contributed by atoms with Crippen LogP contribution in [-0.2, 0) is 6.42 Å². The van der Waals surface area contributed by atoms with Crippen LogP contribution in [0.15, 0.2) is 47.4 Å². The molecule has 1 aliphatic heterocycles. The summed E-state index contributed by atoms with van der Waals surface area (Å²) < 4.78 is 13.8. The Hall–Kier alpha value is -1.99. The molecule has 1 unspecified atom stereocenters. The number of nitriles is 1. The Labute approximate surface area is 121 Å². The lowest BCUT2D eigenvalue weighted by Crippen LogP contribution is -2.16. The molecule has 1 N–H and O–H groups in total. The molecule has 0 radical (unpaired) electrons. The topological polar surface area (TPSA) is 35.8 Å². The number of fused-ring (bicyclic) bond motifs is 1. The Morgan fingerprint density at radius 1 is 1.30 bits per heavy atom. The highest BCUT2D eigenvalue weighted by molar-refractivity contribution is 8.00. The first-order valence-electron chi connectivity index (χ1n) is 6.44. The Bertz CT molecular complexity index is 653. The van der Waals surface area contributed by atoms with Crippen LogP contribution in [0, 0.1) is 17.1 Å². The number of thioether (sulfide) groups is 1. The summed E-state index contributed by atoms with van der Waals surface area (Å²) in [5, 5.41) is 12.3. The van der Waals surface area contributed by atoms with Crippen molar-refractivity contribution in [1.29, 1.82) is 5.26 Å². The van der Waals surface area contributed by atoms with Gasteiger partial charge in [-0.2, -0.15) is 5.26 Å². The molecule has 0 bridgehead atoms. The number of nitrogens with zero attached hydrogens (tertiary/aromatic N) is 1. The highest BCUT2D eigenvalue weighted by Gasteiger charge is 2.21. The lowest BCUT2D eigenvalue weighted by atomic mass is 10.1. The Morgan fingerprint density at radius 2 is 2.15 bits per heavy atom. The number of hydrogen-bond acceptors (Lipinski definition) is 3. The van der Waals surface area contributed by atoms with Crippen molar-refractivity contribution in [2.24, 2.45) is 0 Å². The second-order valence-electron chi connectivity index (χ2n) is 4.74. The molecule has 0 saturated heterocycles. The molecule has 1 atom stereocenters. The Morgan fingerprint density at radius 3 is 2.90 bits per heavy atom. The second-order valence-corrected chi connectivity index (χ2v) is 6.08. The van der Waals surface area contributed by atoms with Crippen molar-refractivity contribution < 1.29 is 4.39 Å². The first-order valence-corrected chi connectivity index (χ1v) is 7.32. The van der Waals surface area contributed by atoms with Gasteiger partial charge < -0.3 is 5.32 Å². The summed E-state index contributed by atoms with van der Waals surface area (Å²) >= 11 is 1.83. The fourth-order valence-electron chi connectivity index (χ4n) is 2.32. The van der Waals surface area contributed by atoms with Gasteiger partial charge in [0.2, 0.25) is 0 Å². The molecule has 2 aromatic rings. The zero-order chi connectivity index (χ0) is 13.9. The van der Waals surface area contributed by atoms with Crippen molar-refractivity contribution in [2.75, 3.05) is 11.9 Å². The average molecular weight is 284 g/mol. The monoisotopic (exact) mass is 284 g/mol. The SMILES string of the molecule is N#Cc1ccc(NCC2Cc3ccccc3S2)c(F)c1. The molecule has 0 amide bonds. The second kappa shape index (κ2) is 5.56. The lowest BCUT2D eigenvalue weighted by Gasteiger charge is -2.12. The third-order valence-corrected chi connectivity index (χ3v) is 4.65. The van der Waals surface area contributed by atoms with Crippen molar-refractivity contribution in [3.63, 3.8) is 0 Å². The van der Waals surface area contributed by atoms with Gasteiger partial charge in [0.15, 0.2) is 0 Å². The van der Waals surface area contributed by atoms with Crippen molar-refractivity contribution in [3.05, 3.63) is 59.4 Å². The van der Waals surface area contributed by atoms with Gasteiger partial charge in [0, 0.05) is 16.7 Å². The van der Waals surface area contributed by atoms with Crippen molar-refractivity contribution in [2.45, 2.75) is 16.6 Å². The Balaban J connectivity index is 1.63. The maximum absolute atomic E-state index is 13.8. The molecular weight excluding hydrogens is 271 g/mol. The van der Waals surface area contributed by atoms with E-state index < -0.39 is 0 Å². The first kappa shape index (κ1) is 13.0. The molecule has 3 rings (SSSR count). The van der Waals surface area contributed by atoms with E-state index in [1.807, 2.05) is 23.9 Å². The van der Waals surface area contributed by atoms with E-state index in [1.54, 1.807) is 12.1 Å². The molecule has 0 aromatic heterocycles. The van der Waals surface area contributed by atoms with Crippen LogP contribution in [0.5, 0.6) is 0 Å². The largest absolute Gasteiger partial charge is 0.382 e. The van der Waals surface area contributed by atoms with Crippen LogP contribution in [0.4, 0.5) is 10.1 Å². The quantitative estimate of drug-likeness (QED) is 0.930. The fraction of sp³-hybridized carbons (Fsp3) is 0.188. The van der Waals surface area contributed by atoms with Crippen molar-refractivity contribution in [1.82, 2.24) is 0 Å². The molecule has 0 saturated carbocycles. The van der Waals surface area contributed by atoms with Crippen LogP contribution in [0.25, 0.3) is 0 Å². The van der Waals surface area contributed by atoms with Crippen LogP contribution >= 0.6 is 11.8 Å². The van der Waals surface area contributed by atoms with E-state index >= 15 is 0 Å². The summed E-state index contributed by atoms with van der Waals surface area (Å²) in [7, 11) is 0. The van der Waals surface area contributed by atoms with Gasteiger partial charge in [-0.15, -0.1) is 11.8 Å². The number of benzene rings is 2. The van der Waals surface area contributed by atoms with Gasteiger partial charge in [-0.3, -0.25) is 0 Å². The summed E-state index contributed by atoms with van der Waals surface area (Å²) in [5.74, 6) is -0.371. The van der Waals surface area contributed by atoms with Gasteiger partial charge in [0.1, 0.15) is 5.82 Å². The number of rotatable bonds is 3. The zero-order valence-electron chi connectivity index (χ0n) is 10.8. The van der Waals surface area contributed by atoms with E-state index in [1.165, 1.54) is 16.5 Å². The van der Waals surface area contributed by atoms with Gasteiger partial charge in [0.25, 0.3) is 0 Å². The molecule has 0 spiro atoms. The van der Waals surface area contributed by atoms with E-state index in [-0.39, 0.29) is 5.82 Å². The minimum absolute atomic E-state index is 0.343. The highest BCUT2D eigenvalue weighted by atomic mass is 32.2. The standard InChI is InChI=1S/C16H13FN2S/c17-14-7-11(9-18)5-6-15(14)19-10-13-8-12-3-1-2-4-16(12)20-13/h1-7,13,19H,8,10H2. The predicted octanol–water partition coefficient (Wildman–Crippen LogP) is 3.83. The van der Waals surface area contributed by atoms with E-state index in [4.69, 9.17) is 5.26 Å². The maximum Gasteiger partial charge on any atom is 0.147 e. The fourth-order valence-corrected chi connectivity index (χ4v) is 3.57. The number of anilines is 1. The molecule has 100 valence electrons. The molecule has 1 aliphatic rings. The van der Waals surface area contributed by atoms with Crippen LogP contribution in [0.3, 0.4) is 0 Å². The third-order valence-electron chi connectivity index (χ3n) is 3.33.